The average Bonchev–Trinajstić information content (AvgIpc) is 1.90. The molecule has 0 aromatic heterocycles. The van der Waals surface area contributed by atoms with Crippen LogP contribution in [-0.2, 0) is 37.5 Å². The van der Waals surface area contributed by atoms with E-state index in [1.165, 1.54) is 0 Å². The molecule has 0 aromatic rings. The van der Waals surface area contributed by atoms with Gasteiger partial charge in [-0.15, -0.1) is 13.1 Å². The molecule has 1 aliphatic heterocycles. The smallest absolute Gasteiger partial charge is 0.306 e. The fourth-order valence-corrected chi connectivity index (χ4v) is 0.997. The van der Waals surface area contributed by atoms with Gasteiger partial charge in [0.2, 0.25) is 0 Å². The van der Waals surface area contributed by atoms with Crippen LogP contribution in [0.25, 0.3) is 5.32 Å². The molecule has 1 fully saturated rings. The normalized spacial score (nSPS) is 19.6. The number of hydrogen-bond acceptors (Lipinski definition) is 1. The minimum Gasteiger partial charge on any atom is -0.662 e. The first-order valence-corrected chi connectivity index (χ1v) is 3.17. The van der Waals surface area contributed by atoms with E-state index in [-0.39, 0.29) is 38.6 Å². The Morgan fingerprint density at radius 2 is 1.90 bits per heavy atom. The summed E-state index contributed by atoms with van der Waals surface area (Å²) in [6.07, 6.45) is 1.46. The van der Waals surface area contributed by atoms with Crippen LogP contribution in [0.3, 0.4) is 0 Å². The van der Waals surface area contributed by atoms with Crippen molar-refractivity contribution in [1.82, 2.24) is 0 Å². The molecule has 1 aliphatic rings. The van der Waals surface area contributed by atoms with Crippen LogP contribution in [0.2, 0.25) is 0 Å². The van der Waals surface area contributed by atoms with Gasteiger partial charge in [0.15, 0.2) is 0 Å². The third-order valence-corrected chi connectivity index (χ3v) is 1.62. The maximum Gasteiger partial charge on any atom is 0.306 e. The van der Waals surface area contributed by atoms with Gasteiger partial charge in [0, 0.05) is 32.7 Å². The summed E-state index contributed by atoms with van der Waals surface area (Å²) >= 11 is 0. The second-order valence-corrected chi connectivity index (χ2v) is 2.28. The van der Waals surface area contributed by atoms with Crippen molar-refractivity contribution in [2.45, 2.75) is 12.8 Å². The first-order chi connectivity index (χ1) is 4.30. The number of carboxylic acids is 1. The molecule has 1 saturated heterocycles. The van der Waals surface area contributed by atoms with E-state index in [4.69, 9.17) is 5.11 Å². The van der Waals surface area contributed by atoms with Crippen LogP contribution in [-0.4, -0.2) is 24.2 Å². The number of aliphatic carboxylic acids is 1. The zero-order valence-corrected chi connectivity index (χ0v) is 8.62. The van der Waals surface area contributed by atoms with Crippen molar-refractivity contribution in [2.24, 2.45) is 5.92 Å². The van der Waals surface area contributed by atoms with Gasteiger partial charge >= 0.3 is 5.97 Å². The Morgan fingerprint density at radius 3 is 2.20 bits per heavy atom. The largest absolute Gasteiger partial charge is 0.662 e. The summed E-state index contributed by atoms with van der Waals surface area (Å²) < 4.78 is 0. The molecular formula is C6H10NO2Y-. The molecule has 1 heterocycles. The van der Waals surface area contributed by atoms with Crippen LogP contribution >= 0.6 is 0 Å². The fraction of sp³-hybridized carbons (Fsp3) is 0.833. The number of piperidine rings is 1. The fourth-order valence-electron chi connectivity index (χ4n) is 0.997. The van der Waals surface area contributed by atoms with Crippen molar-refractivity contribution in [3.63, 3.8) is 0 Å². The second kappa shape index (κ2) is 5.22. The summed E-state index contributed by atoms with van der Waals surface area (Å²) in [7, 11) is 0. The summed E-state index contributed by atoms with van der Waals surface area (Å²) in [4.78, 5) is 10.3. The Hall–Kier alpha value is 0.534. The molecule has 0 bridgehead atoms. The topological polar surface area (TPSA) is 51.4 Å². The molecule has 0 aromatic carbocycles. The molecule has 0 unspecified atom stereocenters. The summed E-state index contributed by atoms with van der Waals surface area (Å²) in [6.45, 7) is 1.47. The second-order valence-electron chi connectivity index (χ2n) is 2.28. The van der Waals surface area contributed by atoms with Gasteiger partial charge < -0.3 is 10.4 Å². The molecule has 55 valence electrons. The van der Waals surface area contributed by atoms with E-state index in [1.807, 2.05) is 0 Å². The van der Waals surface area contributed by atoms with E-state index >= 15 is 0 Å². The van der Waals surface area contributed by atoms with Crippen molar-refractivity contribution in [2.75, 3.05) is 13.1 Å². The van der Waals surface area contributed by atoms with Gasteiger partial charge in [-0.1, -0.05) is 12.8 Å². The van der Waals surface area contributed by atoms with E-state index in [1.54, 1.807) is 0 Å². The standard InChI is InChI=1S/C6H10NO2.Y/c8-6(9)5-1-3-7-4-2-5;/h5H,1-4H2,(H,8,9);/q-1;. The monoisotopic (exact) mass is 217 g/mol. The molecule has 10 heavy (non-hydrogen) atoms. The summed E-state index contributed by atoms with van der Waals surface area (Å²) in [5.74, 6) is -0.785. The Morgan fingerprint density at radius 1 is 1.40 bits per heavy atom. The van der Waals surface area contributed by atoms with Gasteiger partial charge in [-0.05, 0) is 0 Å². The van der Waals surface area contributed by atoms with Gasteiger partial charge in [0.1, 0.15) is 0 Å². The average molecular weight is 217 g/mol. The van der Waals surface area contributed by atoms with E-state index in [2.05, 4.69) is 5.32 Å². The van der Waals surface area contributed by atoms with Crippen molar-refractivity contribution in [1.29, 1.82) is 0 Å². The van der Waals surface area contributed by atoms with Crippen LogP contribution in [0.15, 0.2) is 0 Å². The first-order valence-electron chi connectivity index (χ1n) is 3.17. The molecule has 3 nitrogen and oxygen atoms in total. The van der Waals surface area contributed by atoms with Gasteiger partial charge in [0.05, 0.1) is 5.92 Å². The molecule has 0 aliphatic carbocycles. The molecule has 4 heteroatoms. The van der Waals surface area contributed by atoms with E-state index < -0.39 is 5.97 Å². The quantitative estimate of drug-likeness (QED) is 0.707. The molecule has 0 atom stereocenters. The van der Waals surface area contributed by atoms with Crippen molar-refractivity contribution >= 4 is 5.97 Å². The van der Waals surface area contributed by atoms with E-state index in [0.717, 1.165) is 25.9 Å². The van der Waals surface area contributed by atoms with Crippen molar-refractivity contribution < 1.29 is 42.6 Å². The number of carbonyl (C=O) groups is 1. The van der Waals surface area contributed by atoms with Crippen LogP contribution in [0.1, 0.15) is 12.8 Å². The number of rotatable bonds is 1. The molecule has 0 saturated carbocycles. The third-order valence-electron chi connectivity index (χ3n) is 1.62. The van der Waals surface area contributed by atoms with Gasteiger partial charge in [0.25, 0.3) is 0 Å². The first kappa shape index (κ1) is 10.5. The maximum atomic E-state index is 10.3. The molecular weight excluding hydrogens is 207 g/mol. The van der Waals surface area contributed by atoms with Crippen molar-refractivity contribution in [3.05, 3.63) is 5.32 Å². The van der Waals surface area contributed by atoms with Gasteiger partial charge in [-0.3, -0.25) is 4.79 Å². The van der Waals surface area contributed by atoms with Crippen LogP contribution in [0.4, 0.5) is 0 Å². The molecule has 0 amide bonds. The summed E-state index contributed by atoms with van der Waals surface area (Å²) in [5.41, 5.74) is 0. The Kier molecular flexibility index (Phi) is 5.50. The number of hydrogen-bond donors (Lipinski definition) is 1. The predicted molar refractivity (Wildman–Crippen MR) is 33.5 cm³/mol. The number of carboxylic acid groups (broad SMARTS) is 1. The molecule has 0 spiro atoms. The Labute approximate surface area is 85.4 Å². The minimum atomic E-state index is -0.662. The molecule has 1 radical (unpaired) electrons. The van der Waals surface area contributed by atoms with Crippen molar-refractivity contribution in [3.8, 4) is 0 Å². The zero-order valence-electron chi connectivity index (χ0n) is 5.79. The third kappa shape index (κ3) is 3.08. The SMILES string of the molecule is O=C(O)C1CC[N-]CC1.[Y]. The summed E-state index contributed by atoms with van der Waals surface area (Å²) in [6, 6.07) is 0. The Bertz CT molecular complexity index is 112. The maximum absolute atomic E-state index is 10.3. The van der Waals surface area contributed by atoms with Crippen LogP contribution in [0, 0.1) is 5.92 Å². The van der Waals surface area contributed by atoms with Crippen LogP contribution in [0.5, 0.6) is 0 Å². The zero-order chi connectivity index (χ0) is 6.69. The van der Waals surface area contributed by atoms with E-state index in [0.29, 0.717) is 0 Å². The number of nitrogens with zero attached hydrogens (tertiary/aromatic N) is 1. The minimum absolute atomic E-state index is 0. The van der Waals surface area contributed by atoms with E-state index in [9.17, 15) is 4.79 Å². The molecule has 1 rings (SSSR count). The molecule has 1 N–H and O–H groups in total. The van der Waals surface area contributed by atoms with Gasteiger partial charge in [-0.2, -0.15) is 0 Å². The Balaban J connectivity index is 0.000000810. The summed E-state index contributed by atoms with van der Waals surface area (Å²) in [5, 5.41) is 12.5. The van der Waals surface area contributed by atoms with Gasteiger partial charge in [-0.25, -0.2) is 0 Å². The predicted octanol–water partition coefficient (Wildman–Crippen LogP) is 0.852. The van der Waals surface area contributed by atoms with Crippen LogP contribution < -0.4 is 0 Å².